The number of benzene rings is 1. The molecule has 2 unspecified atom stereocenters. The average Bonchev–Trinajstić information content (AvgIpc) is 2.88. The Hall–Kier alpha value is -1.39. The van der Waals surface area contributed by atoms with Crippen LogP contribution in [0.2, 0.25) is 0 Å². The zero-order valence-corrected chi connectivity index (χ0v) is 10.4. The number of aliphatic hydroxyl groups excluding tert-OH is 1. The number of carbonyl (C=O) groups is 1. The van der Waals surface area contributed by atoms with E-state index in [0.29, 0.717) is 12.5 Å². The van der Waals surface area contributed by atoms with Gasteiger partial charge in [0.15, 0.2) is 0 Å². The fraction of sp³-hybridized carbons (Fsp3) is 0.500. The van der Waals surface area contributed by atoms with Gasteiger partial charge in [-0.05, 0) is 43.0 Å². The Morgan fingerprint density at radius 3 is 2.67 bits per heavy atom. The molecule has 0 heterocycles. The van der Waals surface area contributed by atoms with Crippen LogP contribution in [0.25, 0.3) is 0 Å². The number of carbonyl (C=O) groups excluding carboxylic acids is 1. The summed E-state index contributed by atoms with van der Waals surface area (Å²) in [6.45, 7) is 0.605. The van der Waals surface area contributed by atoms with Crippen molar-refractivity contribution in [2.75, 3.05) is 11.9 Å². The molecule has 18 heavy (non-hydrogen) atoms. The van der Waals surface area contributed by atoms with Gasteiger partial charge in [-0.2, -0.15) is 0 Å². The van der Waals surface area contributed by atoms with E-state index in [2.05, 4.69) is 5.32 Å². The molecule has 4 heteroatoms. The molecular weight excluding hydrogens is 228 g/mol. The van der Waals surface area contributed by atoms with Gasteiger partial charge < -0.3 is 16.2 Å². The predicted molar refractivity (Wildman–Crippen MR) is 70.9 cm³/mol. The molecule has 0 spiro atoms. The number of anilines is 1. The van der Waals surface area contributed by atoms with E-state index in [4.69, 9.17) is 10.8 Å². The molecule has 4 N–H and O–H groups in total. The molecule has 0 radical (unpaired) electrons. The van der Waals surface area contributed by atoms with E-state index in [1.165, 1.54) is 0 Å². The third-order valence-corrected chi connectivity index (χ3v) is 3.70. The smallest absolute Gasteiger partial charge is 0.227 e. The van der Waals surface area contributed by atoms with Crippen LogP contribution in [-0.2, 0) is 11.4 Å². The lowest BCUT2D eigenvalue weighted by molar-refractivity contribution is -0.120. The van der Waals surface area contributed by atoms with Gasteiger partial charge in [0.25, 0.3) is 0 Å². The molecule has 1 aliphatic rings. The third kappa shape index (κ3) is 2.89. The minimum atomic E-state index is 0.0199. The molecule has 0 aliphatic heterocycles. The van der Waals surface area contributed by atoms with Gasteiger partial charge in [-0.1, -0.05) is 18.6 Å². The van der Waals surface area contributed by atoms with E-state index in [0.717, 1.165) is 30.5 Å². The molecule has 1 aliphatic carbocycles. The maximum absolute atomic E-state index is 12.1. The van der Waals surface area contributed by atoms with Crippen LogP contribution >= 0.6 is 0 Å². The van der Waals surface area contributed by atoms with Crippen molar-refractivity contribution in [1.29, 1.82) is 0 Å². The molecule has 2 atom stereocenters. The Morgan fingerprint density at radius 2 is 2.06 bits per heavy atom. The zero-order valence-electron chi connectivity index (χ0n) is 10.4. The lowest BCUT2D eigenvalue weighted by atomic mass is 9.95. The molecule has 98 valence electrons. The standard InChI is InChI=1S/C14H20N2O2/c15-8-11-2-1-3-13(11)14(18)16-12-6-4-10(9-17)5-7-12/h4-7,11,13,17H,1-3,8-9,15H2,(H,16,18). The summed E-state index contributed by atoms with van der Waals surface area (Å²) in [6, 6.07) is 7.25. The van der Waals surface area contributed by atoms with E-state index in [1.807, 2.05) is 24.3 Å². The van der Waals surface area contributed by atoms with Crippen molar-refractivity contribution in [1.82, 2.24) is 0 Å². The van der Waals surface area contributed by atoms with Crippen LogP contribution in [0.4, 0.5) is 5.69 Å². The Bertz CT molecular complexity index is 403. The first-order chi connectivity index (χ1) is 8.74. The zero-order chi connectivity index (χ0) is 13.0. The number of hydrogen-bond acceptors (Lipinski definition) is 3. The van der Waals surface area contributed by atoms with E-state index in [-0.39, 0.29) is 18.4 Å². The highest BCUT2D eigenvalue weighted by Gasteiger charge is 2.31. The molecule has 0 saturated heterocycles. The maximum Gasteiger partial charge on any atom is 0.227 e. The molecule has 2 rings (SSSR count). The maximum atomic E-state index is 12.1. The second-order valence-corrected chi connectivity index (χ2v) is 4.88. The minimum absolute atomic E-state index is 0.0199. The van der Waals surface area contributed by atoms with Crippen molar-refractivity contribution in [2.24, 2.45) is 17.6 Å². The van der Waals surface area contributed by atoms with Crippen LogP contribution < -0.4 is 11.1 Å². The van der Waals surface area contributed by atoms with E-state index < -0.39 is 0 Å². The second kappa shape index (κ2) is 5.98. The van der Waals surface area contributed by atoms with Gasteiger partial charge in [-0.3, -0.25) is 4.79 Å². The van der Waals surface area contributed by atoms with Crippen molar-refractivity contribution in [3.8, 4) is 0 Å². The van der Waals surface area contributed by atoms with E-state index >= 15 is 0 Å². The number of nitrogens with one attached hydrogen (secondary N) is 1. The summed E-state index contributed by atoms with van der Waals surface area (Å²) in [5.74, 6) is 0.439. The van der Waals surface area contributed by atoms with Crippen LogP contribution in [0, 0.1) is 11.8 Å². The lowest BCUT2D eigenvalue weighted by Crippen LogP contribution is -2.29. The minimum Gasteiger partial charge on any atom is -0.392 e. The normalized spacial score (nSPS) is 23.0. The monoisotopic (exact) mass is 248 g/mol. The van der Waals surface area contributed by atoms with E-state index in [9.17, 15) is 4.79 Å². The van der Waals surface area contributed by atoms with Crippen molar-refractivity contribution in [3.05, 3.63) is 29.8 Å². The van der Waals surface area contributed by atoms with Crippen LogP contribution in [0.3, 0.4) is 0 Å². The molecule has 1 saturated carbocycles. The molecule has 1 amide bonds. The molecule has 1 fully saturated rings. The summed E-state index contributed by atoms with van der Waals surface area (Å²) in [5, 5.41) is 11.9. The van der Waals surface area contributed by atoms with Gasteiger partial charge in [0, 0.05) is 11.6 Å². The Morgan fingerprint density at radius 1 is 1.33 bits per heavy atom. The fourth-order valence-corrected chi connectivity index (χ4v) is 2.59. The number of rotatable bonds is 4. The fourth-order valence-electron chi connectivity index (χ4n) is 2.59. The van der Waals surface area contributed by atoms with E-state index in [1.54, 1.807) is 0 Å². The van der Waals surface area contributed by atoms with Gasteiger partial charge in [0.05, 0.1) is 6.61 Å². The van der Waals surface area contributed by atoms with Crippen molar-refractivity contribution < 1.29 is 9.90 Å². The van der Waals surface area contributed by atoms with Crippen LogP contribution in [-0.4, -0.2) is 17.6 Å². The third-order valence-electron chi connectivity index (χ3n) is 3.70. The van der Waals surface area contributed by atoms with Gasteiger partial charge in [-0.15, -0.1) is 0 Å². The summed E-state index contributed by atoms with van der Waals surface area (Å²) >= 11 is 0. The number of nitrogens with two attached hydrogens (primary N) is 1. The van der Waals surface area contributed by atoms with Gasteiger partial charge in [-0.25, -0.2) is 0 Å². The number of aliphatic hydroxyl groups is 1. The first-order valence-corrected chi connectivity index (χ1v) is 6.45. The summed E-state index contributed by atoms with van der Waals surface area (Å²) in [7, 11) is 0. The first-order valence-electron chi connectivity index (χ1n) is 6.45. The van der Waals surface area contributed by atoms with Gasteiger partial charge in [0.2, 0.25) is 5.91 Å². The van der Waals surface area contributed by atoms with Crippen molar-refractivity contribution >= 4 is 11.6 Å². The topological polar surface area (TPSA) is 75.4 Å². The largest absolute Gasteiger partial charge is 0.392 e. The highest BCUT2D eigenvalue weighted by Crippen LogP contribution is 2.31. The molecule has 0 bridgehead atoms. The number of amides is 1. The first kappa shape index (κ1) is 13.1. The number of hydrogen-bond donors (Lipinski definition) is 3. The quantitative estimate of drug-likeness (QED) is 0.755. The van der Waals surface area contributed by atoms with Gasteiger partial charge in [0.1, 0.15) is 0 Å². The van der Waals surface area contributed by atoms with Gasteiger partial charge >= 0.3 is 0 Å². The molecule has 0 aromatic heterocycles. The summed E-state index contributed by atoms with van der Waals surface area (Å²) < 4.78 is 0. The Kier molecular flexibility index (Phi) is 4.33. The molecular formula is C14H20N2O2. The molecule has 1 aromatic carbocycles. The van der Waals surface area contributed by atoms with Crippen LogP contribution in [0.15, 0.2) is 24.3 Å². The summed E-state index contributed by atoms with van der Waals surface area (Å²) in [4.78, 5) is 12.1. The Balaban J connectivity index is 1.97. The lowest BCUT2D eigenvalue weighted by Gasteiger charge is -2.17. The molecule has 4 nitrogen and oxygen atoms in total. The summed E-state index contributed by atoms with van der Waals surface area (Å²) in [5.41, 5.74) is 7.30. The second-order valence-electron chi connectivity index (χ2n) is 4.88. The SMILES string of the molecule is NCC1CCCC1C(=O)Nc1ccc(CO)cc1. The summed E-state index contributed by atoms with van der Waals surface area (Å²) in [6.07, 6.45) is 3.07. The highest BCUT2D eigenvalue weighted by atomic mass is 16.3. The van der Waals surface area contributed by atoms with Crippen molar-refractivity contribution in [2.45, 2.75) is 25.9 Å². The van der Waals surface area contributed by atoms with Crippen LogP contribution in [0.1, 0.15) is 24.8 Å². The van der Waals surface area contributed by atoms with Crippen molar-refractivity contribution in [3.63, 3.8) is 0 Å². The van der Waals surface area contributed by atoms with Crippen LogP contribution in [0.5, 0.6) is 0 Å². The molecule has 1 aromatic rings. The predicted octanol–water partition coefficient (Wildman–Crippen LogP) is 1.49. The Labute approximate surface area is 107 Å². The average molecular weight is 248 g/mol. The highest BCUT2D eigenvalue weighted by molar-refractivity contribution is 5.92.